The Balaban J connectivity index is 2.04. The lowest BCUT2D eigenvalue weighted by Gasteiger charge is -2.12. The van der Waals surface area contributed by atoms with Gasteiger partial charge in [-0.2, -0.15) is 13.2 Å². The number of halogens is 3. The summed E-state index contributed by atoms with van der Waals surface area (Å²) in [5.41, 5.74) is 1.28. The quantitative estimate of drug-likeness (QED) is 0.325. The molecule has 0 atom stereocenters. The molecule has 0 spiro atoms. The van der Waals surface area contributed by atoms with E-state index in [1.807, 2.05) is 12.1 Å². The number of nitrogens with zero attached hydrogens (tertiary/aromatic N) is 8. The van der Waals surface area contributed by atoms with Gasteiger partial charge < -0.3 is 0 Å². The van der Waals surface area contributed by atoms with E-state index in [1.54, 1.807) is 6.92 Å². The molecule has 166 valence electrons. The van der Waals surface area contributed by atoms with Crippen molar-refractivity contribution in [1.82, 2.24) is 19.9 Å². The first-order chi connectivity index (χ1) is 16.7. The van der Waals surface area contributed by atoms with Gasteiger partial charge in [-0.1, -0.05) is 0 Å². The number of aromatic nitrogens is 4. The number of aryl methyl sites for hydroxylation is 1. The van der Waals surface area contributed by atoms with Gasteiger partial charge in [0.05, 0.1) is 59.9 Å². The van der Waals surface area contributed by atoms with Crippen LogP contribution in [-0.2, 0) is 19.0 Å². The smallest absolute Gasteiger partial charge is 0.254 e. The molecule has 0 saturated carbocycles. The van der Waals surface area contributed by atoms with Crippen molar-refractivity contribution in [1.29, 1.82) is 10.5 Å². The first kappa shape index (κ1) is 21.7. The van der Waals surface area contributed by atoms with Gasteiger partial charge in [-0.05, 0) is 18.1 Å². The van der Waals surface area contributed by atoms with Gasteiger partial charge in [-0.3, -0.25) is 15.0 Å². The molecule has 0 radical (unpaired) electrons. The molecule has 0 amide bonds. The lowest BCUT2D eigenvalue weighted by Crippen LogP contribution is -2.26. The molecular weight excluding hydrogens is 457 g/mol. The van der Waals surface area contributed by atoms with Gasteiger partial charge in [0.1, 0.15) is 0 Å². The van der Waals surface area contributed by atoms with Gasteiger partial charge in [0.15, 0.2) is 5.69 Å². The summed E-state index contributed by atoms with van der Waals surface area (Å²) in [5, 5.41) is 19.9. The second-order valence-electron chi connectivity index (χ2n) is 7.81. The minimum absolute atomic E-state index is 0.0132. The first-order valence-corrected chi connectivity index (χ1v) is 10.0. The van der Waals surface area contributed by atoms with Crippen molar-refractivity contribution in [3.8, 4) is 34.7 Å². The first-order valence-electron chi connectivity index (χ1n) is 10.0. The minimum Gasteiger partial charge on any atom is -0.254 e. The second-order valence-corrected chi connectivity index (χ2v) is 7.81. The molecule has 0 aliphatic heterocycles. The zero-order valence-electron chi connectivity index (χ0n) is 17.8. The minimum atomic E-state index is -4.72. The summed E-state index contributed by atoms with van der Waals surface area (Å²) < 4.78 is 40.0. The van der Waals surface area contributed by atoms with Gasteiger partial charge >= 0.3 is 6.18 Å². The second kappa shape index (κ2) is 7.45. The van der Waals surface area contributed by atoms with Crippen molar-refractivity contribution < 1.29 is 13.2 Å². The lowest BCUT2D eigenvalue weighted by atomic mass is 9.92. The molecule has 35 heavy (non-hydrogen) atoms. The Kier molecular flexibility index (Phi) is 4.62. The zero-order chi connectivity index (χ0) is 25.1. The van der Waals surface area contributed by atoms with Crippen LogP contribution < -0.4 is 10.4 Å². The summed E-state index contributed by atoms with van der Waals surface area (Å²) >= 11 is 0. The molecule has 5 rings (SSSR count). The van der Waals surface area contributed by atoms with Crippen molar-refractivity contribution in [3.05, 3.63) is 79.6 Å². The number of fused-ring (bicyclic) bond motifs is 6. The van der Waals surface area contributed by atoms with Crippen LogP contribution >= 0.6 is 0 Å². The molecule has 0 unspecified atom stereocenters. The summed E-state index contributed by atoms with van der Waals surface area (Å²) in [7, 11) is 0. The highest BCUT2D eigenvalue weighted by Gasteiger charge is 2.38. The fourth-order valence-corrected chi connectivity index (χ4v) is 4.62. The summed E-state index contributed by atoms with van der Waals surface area (Å²) in [6, 6.07) is 3.74. The Labute approximate surface area is 195 Å². The molecule has 0 N–H and O–H groups in total. The number of hydrogen-bond acceptors (Lipinski definition) is 6. The highest BCUT2D eigenvalue weighted by Crippen LogP contribution is 2.39. The fourth-order valence-electron chi connectivity index (χ4n) is 4.62. The molecule has 0 fully saturated rings. The molecule has 8 nitrogen and oxygen atoms in total. The molecule has 1 aromatic carbocycles. The molecule has 0 saturated heterocycles. The third-order valence-electron chi connectivity index (χ3n) is 5.88. The van der Waals surface area contributed by atoms with E-state index in [-0.39, 0.29) is 51.6 Å². The van der Waals surface area contributed by atoms with Crippen LogP contribution in [0, 0.1) is 42.7 Å². The number of rotatable bonds is 0. The maximum absolute atomic E-state index is 13.3. The molecule has 2 heterocycles. The van der Waals surface area contributed by atoms with Crippen molar-refractivity contribution >= 4 is 11.4 Å². The Morgan fingerprint density at radius 2 is 1.37 bits per heavy atom. The number of nitriles is 2. The van der Waals surface area contributed by atoms with Crippen molar-refractivity contribution in [3.63, 3.8) is 0 Å². The third-order valence-corrected chi connectivity index (χ3v) is 5.88. The topological polar surface area (TPSA) is 108 Å². The van der Waals surface area contributed by atoms with Crippen LogP contribution in [0.2, 0.25) is 0 Å². The highest BCUT2D eigenvalue weighted by molar-refractivity contribution is 5.90. The van der Waals surface area contributed by atoms with Crippen LogP contribution in [0.25, 0.3) is 43.6 Å². The molecule has 3 aromatic rings. The van der Waals surface area contributed by atoms with Gasteiger partial charge in [0.25, 0.3) is 11.4 Å². The molecular formula is C24H9F3N8. The Hall–Kier alpha value is -5.13. The van der Waals surface area contributed by atoms with E-state index < -0.39 is 11.9 Å². The predicted octanol–water partition coefficient (Wildman–Crippen LogP) is 2.84. The maximum Gasteiger partial charge on any atom is 0.434 e. The molecule has 2 aromatic heterocycles. The van der Waals surface area contributed by atoms with E-state index in [0.29, 0.717) is 40.0 Å². The fraction of sp³-hybridized carbons (Fsp3) is 0.167. The third kappa shape index (κ3) is 3.04. The van der Waals surface area contributed by atoms with Crippen LogP contribution in [0.1, 0.15) is 33.9 Å². The van der Waals surface area contributed by atoms with Crippen molar-refractivity contribution in [2.75, 3.05) is 0 Å². The summed E-state index contributed by atoms with van der Waals surface area (Å²) in [6.07, 6.45) is -2.61. The Bertz CT molecular complexity index is 1760. The average Bonchev–Trinajstić information content (AvgIpc) is 3.38. The predicted molar refractivity (Wildman–Crippen MR) is 114 cm³/mol. The monoisotopic (exact) mass is 466 g/mol. The van der Waals surface area contributed by atoms with Crippen molar-refractivity contribution in [2.45, 2.75) is 25.9 Å². The number of alkyl halides is 3. The number of hydrogen-bond donors (Lipinski definition) is 0. The standard InChI is InChI=1S/C24H9F3N8/c1-10-8-32-22-13(34-10)4-11-18(15(6-28)30-2)21-12(19(20(11)22)16(7-29)31-3)5-14-23(21)33-9-17(35-14)24(25,26)27/h8-9H,4-5H2,1H3/b18-15+,19-16-. The molecule has 2 aliphatic carbocycles. The van der Waals surface area contributed by atoms with Crippen molar-refractivity contribution in [2.24, 2.45) is 0 Å². The van der Waals surface area contributed by atoms with E-state index >= 15 is 0 Å². The number of benzene rings is 1. The van der Waals surface area contributed by atoms with Gasteiger partial charge in [-0.15, -0.1) is 0 Å². The lowest BCUT2D eigenvalue weighted by molar-refractivity contribution is -0.141. The van der Waals surface area contributed by atoms with Crippen LogP contribution in [0.15, 0.2) is 12.4 Å². The van der Waals surface area contributed by atoms with E-state index in [1.165, 1.54) is 6.20 Å². The van der Waals surface area contributed by atoms with Gasteiger partial charge in [0, 0.05) is 40.6 Å². The van der Waals surface area contributed by atoms with E-state index in [2.05, 4.69) is 29.6 Å². The summed E-state index contributed by atoms with van der Waals surface area (Å²) in [5.74, 6) is 0. The summed E-state index contributed by atoms with van der Waals surface area (Å²) in [6.45, 7) is 16.9. The van der Waals surface area contributed by atoms with Crippen LogP contribution in [-0.4, -0.2) is 19.9 Å². The van der Waals surface area contributed by atoms with Gasteiger partial charge in [0.2, 0.25) is 0 Å². The normalized spacial score (nSPS) is 14.3. The molecule has 0 bridgehead atoms. The molecule has 11 heteroatoms. The van der Waals surface area contributed by atoms with Crippen LogP contribution in [0.4, 0.5) is 13.2 Å². The average molecular weight is 466 g/mol. The Morgan fingerprint density at radius 3 is 1.83 bits per heavy atom. The van der Waals surface area contributed by atoms with E-state index in [4.69, 9.17) is 13.1 Å². The van der Waals surface area contributed by atoms with E-state index in [0.717, 1.165) is 0 Å². The highest BCUT2D eigenvalue weighted by atomic mass is 19.4. The summed E-state index contributed by atoms with van der Waals surface area (Å²) in [4.78, 5) is 23.4. The Morgan fingerprint density at radius 1 is 0.886 bits per heavy atom. The van der Waals surface area contributed by atoms with Crippen LogP contribution in [0.3, 0.4) is 0 Å². The maximum atomic E-state index is 13.3. The largest absolute Gasteiger partial charge is 0.434 e. The SMILES string of the molecule is [C-]#[N+]/C(C#N)=c1/c2c(/c(=C(\C#N)[N+]#[C-])c3c1-c1ncc(C)nc1C3)-c1ncc(C(F)(F)F)nc1C2. The molecule has 2 aliphatic rings. The zero-order valence-corrected chi connectivity index (χ0v) is 17.8. The van der Waals surface area contributed by atoms with Gasteiger partial charge in [-0.25, -0.2) is 25.2 Å². The van der Waals surface area contributed by atoms with E-state index in [9.17, 15) is 23.7 Å². The van der Waals surface area contributed by atoms with Crippen LogP contribution in [0.5, 0.6) is 0 Å².